The molecule has 0 amide bonds. The van der Waals surface area contributed by atoms with Crippen molar-refractivity contribution in [1.82, 2.24) is 0 Å². The topological polar surface area (TPSA) is 27.6 Å². The summed E-state index contributed by atoms with van der Waals surface area (Å²) in [6.45, 7) is 0. The van der Waals surface area contributed by atoms with Gasteiger partial charge in [-0.25, -0.2) is 0 Å². The highest BCUT2D eigenvalue weighted by Gasteiger charge is 2.24. The molecular formula is C13H20ClN. The van der Waals surface area contributed by atoms with Gasteiger partial charge in [-0.15, -0.1) is 0 Å². The molecule has 1 unspecified atom stereocenters. The molecule has 15 heavy (non-hydrogen) atoms. The highest BCUT2D eigenvalue weighted by Crippen LogP contribution is 2.31. The molecule has 2 rings (SSSR count). The van der Waals surface area contributed by atoms with Gasteiger partial charge in [0.1, 0.15) is 6.04 Å². The first-order valence-corrected chi connectivity index (χ1v) is 5.76. The summed E-state index contributed by atoms with van der Waals surface area (Å²) in [4.78, 5) is 0. The van der Waals surface area contributed by atoms with Crippen LogP contribution in [-0.2, 0) is 0 Å². The van der Waals surface area contributed by atoms with Crippen LogP contribution in [-0.4, -0.2) is 0 Å². The smallest absolute Gasteiger partial charge is 0.113 e. The molecule has 0 bridgehead atoms. The van der Waals surface area contributed by atoms with Crippen molar-refractivity contribution >= 4 is 0 Å². The molecule has 0 aromatic heterocycles. The quantitative estimate of drug-likeness (QED) is 0.707. The molecule has 1 nitrogen and oxygen atoms in total. The van der Waals surface area contributed by atoms with Gasteiger partial charge in [0.25, 0.3) is 0 Å². The Kier molecular flexibility index (Phi) is 5.13. The minimum absolute atomic E-state index is 0. The zero-order valence-corrected chi connectivity index (χ0v) is 9.92. The first kappa shape index (κ1) is 12.5. The Hall–Kier alpha value is -0.530. The molecule has 1 aliphatic rings. The lowest BCUT2D eigenvalue weighted by atomic mass is 9.82. The highest BCUT2D eigenvalue weighted by molar-refractivity contribution is 5.17. The van der Waals surface area contributed by atoms with Gasteiger partial charge in [-0.3, -0.25) is 0 Å². The van der Waals surface area contributed by atoms with E-state index in [2.05, 4.69) is 36.1 Å². The van der Waals surface area contributed by atoms with Crippen molar-refractivity contribution < 1.29 is 18.1 Å². The second kappa shape index (κ2) is 6.14. The fourth-order valence-corrected chi connectivity index (χ4v) is 2.51. The van der Waals surface area contributed by atoms with Crippen LogP contribution < -0.4 is 18.1 Å². The van der Waals surface area contributed by atoms with Gasteiger partial charge in [0.05, 0.1) is 0 Å². The summed E-state index contributed by atoms with van der Waals surface area (Å²) in [5, 5.41) is 0. The molecule has 1 saturated carbocycles. The normalized spacial score (nSPS) is 19.3. The average molecular weight is 226 g/mol. The third kappa shape index (κ3) is 3.22. The van der Waals surface area contributed by atoms with Gasteiger partial charge in [0, 0.05) is 11.5 Å². The Bertz CT molecular complexity index is 267. The number of benzene rings is 1. The van der Waals surface area contributed by atoms with E-state index in [1.165, 1.54) is 37.7 Å². The van der Waals surface area contributed by atoms with Crippen LogP contribution in [0.5, 0.6) is 0 Å². The molecule has 1 fully saturated rings. The van der Waals surface area contributed by atoms with Crippen LogP contribution in [0.2, 0.25) is 0 Å². The van der Waals surface area contributed by atoms with Crippen LogP contribution in [0.25, 0.3) is 0 Å². The minimum atomic E-state index is 0. The molecule has 1 aromatic carbocycles. The predicted octanol–water partition coefficient (Wildman–Crippen LogP) is -0.446. The van der Waals surface area contributed by atoms with E-state index in [-0.39, 0.29) is 12.4 Å². The molecular weight excluding hydrogens is 206 g/mol. The van der Waals surface area contributed by atoms with Crippen LogP contribution in [0.15, 0.2) is 30.3 Å². The first-order chi connectivity index (χ1) is 6.88. The molecule has 0 heterocycles. The Morgan fingerprint density at radius 1 is 1.00 bits per heavy atom. The van der Waals surface area contributed by atoms with Gasteiger partial charge in [-0.2, -0.15) is 0 Å². The number of quaternary nitrogens is 1. The summed E-state index contributed by atoms with van der Waals surface area (Å²) in [6.07, 6.45) is 7.00. The minimum Gasteiger partial charge on any atom is -1.00 e. The summed E-state index contributed by atoms with van der Waals surface area (Å²) in [7, 11) is 0. The van der Waals surface area contributed by atoms with Crippen molar-refractivity contribution in [2.75, 3.05) is 0 Å². The lowest BCUT2D eigenvalue weighted by Gasteiger charge is -2.25. The maximum atomic E-state index is 4.33. The second-order valence-corrected chi connectivity index (χ2v) is 4.42. The SMILES string of the molecule is [Cl-].[NH3+]C(c1ccccc1)C1CCCCC1. The van der Waals surface area contributed by atoms with Crippen molar-refractivity contribution in [1.29, 1.82) is 0 Å². The number of hydrogen-bond acceptors (Lipinski definition) is 0. The molecule has 0 radical (unpaired) electrons. The van der Waals surface area contributed by atoms with Crippen LogP contribution >= 0.6 is 0 Å². The Labute approximate surface area is 98.5 Å². The van der Waals surface area contributed by atoms with Gasteiger partial charge < -0.3 is 18.1 Å². The summed E-state index contributed by atoms with van der Waals surface area (Å²) in [5.41, 5.74) is 5.75. The predicted molar refractivity (Wildman–Crippen MR) is 58.6 cm³/mol. The zero-order chi connectivity index (χ0) is 9.80. The van der Waals surface area contributed by atoms with E-state index >= 15 is 0 Å². The van der Waals surface area contributed by atoms with Gasteiger partial charge >= 0.3 is 0 Å². The molecule has 1 aliphatic carbocycles. The van der Waals surface area contributed by atoms with Crippen molar-refractivity contribution in [3.63, 3.8) is 0 Å². The summed E-state index contributed by atoms with van der Waals surface area (Å²) in [5.74, 6) is 0.825. The maximum Gasteiger partial charge on any atom is 0.113 e. The second-order valence-electron chi connectivity index (χ2n) is 4.42. The van der Waals surface area contributed by atoms with Crippen LogP contribution in [0.3, 0.4) is 0 Å². The van der Waals surface area contributed by atoms with E-state index in [1.54, 1.807) is 0 Å². The lowest BCUT2D eigenvalue weighted by molar-refractivity contribution is -0.441. The Balaban J connectivity index is 0.00000112. The standard InChI is InChI=1S/C13H19N.ClH/c14-13(11-7-3-1-4-8-11)12-9-5-2-6-10-12;/h1,3-4,7-8,12-13H,2,5-6,9-10,14H2;1H. The third-order valence-corrected chi connectivity index (χ3v) is 3.45. The van der Waals surface area contributed by atoms with Gasteiger partial charge in [0.15, 0.2) is 0 Å². The molecule has 1 aromatic rings. The first-order valence-electron chi connectivity index (χ1n) is 5.76. The van der Waals surface area contributed by atoms with Crippen molar-refractivity contribution in [2.24, 2.45) is 5.92 Å². The third-order valence-electron chi connectivity index (χ3n) is 3.45. The monoisotopic (exact) mass is 225 g/mol. The fraction of sp³-hybridized carbons (Fsp3) is 0.538. The zero-order valence-electron chi connectivity index (χ0n) is 9.16. The van der Waals surface area contributed by atoms with E-state index < -0.39 is 0 Å². The number of rotatable bonds is 2. The largest absolute Gasteiger partial charge is 1.00 e. The molecule has 0 saturated heterocycles. The molecule has 84 valence electrons. The van der Waals surface area contributed by atoms with Gasteiger partial charge in [0.2, 0.25) is 0 Å². The molecule has 0 spiro atoms. The Morgan fingerprint density at radius 3 is 2.20 bits per heavy atom. The fourth-order valence-electron chi connectivity index (χ4n) is 2.51. The van der Waals surface area contributed by atoms with Gasteiger partial charge in [-0.1, -0.05) is 49.6 Å². The van der Waals surface area contributed by atoms with E-state index in [0.717, 1.165) is 5.92 Å². The van der Waals surface area contributed by atoms with Crippen molar-refractivity contribution in [2.45, 2.75) is 38.1 Å². The van der Waals surface area contributed by atoms with Crippen LogP contribution in [0, 0.1) is 5.92 Å². The van der Waals surface area contributed by atoms with Crippen LogP contribution in [0.1, 0.15) is 43.7 Å². The summed E-state index contributed by atoms with van der Waals surface area (Å²) < 4.78 is 0. The lowest BCUT2D eigenvalue weighted by Crippen LogP contribution is -3.00. The molecule has 1 atom stereocenters. The highest BCUT2D eigenvalue weighted by atomic mass is 35.5. The molecule has 3 N–H and O–H groups in total. The van der Waals surface area contributed by atoms with E-state index in [4.69, 9.17) is 0 Å². The Morgan fingerprint density at radius 2 is 1.60 bits per heavy atom. The van der Waals surface area contributed by atoms with Gasteiger partial charge in [-0.05, 0) is 12.8 Å². The average Bonchev–Trinajstić information content (AvgIpc) is 2.30. The maximum absolute atomic E-state index is 4.33. The van der Waals surface area contributed by atoms with E-state index in [1.807, 2.05) is 0 Å². The molecule has 0 aliphatic heterocycles. The van der Waals surface area contributed by atoms with Crippen molar-refractivity contribution in [3.8, 4) is 0 Å². The number of hydrogen-bond donors (Lipinski definition) is 1. The van der Waals surface area contributed by atoms with Crippen LogP contribution in [0.4, 0.5) is 0 Å². The summed E-state index contributed by atoms with van der Waals surface area (Å²) >= 11 is 0. The molecule has 2 heteroatoms. The summed E-state index contributed by atoms with van der Waals surface area (Å²) in [6, 6.07) is 11.3. The van der Waals surface area contributed by atoms with Crippen molar-refractivity contribution in [3.05, 3.63) is 35.9 Å². The van der Waals surface area contributed by atoms with E-state index in [0.29, 0.717) is 6.04 Å². The number of halogens is 1. The van der Waals surface area contributed by atoms with E-state index in [9.17, 15) is 0 Å².